The van der Waals surface area contributed by atoms with Crippen molar-refractivity contribution in [3.8, 4) is 67.5 Å². The molecule has 4 heteroatoms. The summed E-state index contributed by atoms with van der Waals surface area (Å²) >= 11 is 0. The lowest BCUT2D eigenvalue weighted by molar-refractivity contribution is 0.757. The maximum Gasteiger partial charge on any atom is 0.160 e. The normalized spacial score (nSPS) is 13.1. The maximum atomic E-state index is 5.44. The standard InChI is InChI=1S/C45H28N4/c1-3-13-29(14-4-1)40-27-41(30-15-5-2-6-16-30)48-44(47-40)32-25-23-31(24-26-32)43-46-28-36-35-19-9-12-22-39(35)45(42(36)49-43)37-20-10-7-17-33(37)34-18-8-11-21-38(34)45/h1-28H. The molecule has 6 aromatic carbocycles. The summed E-state index contributed by atoms with van der Waals surface area (Å²) in [5, 5.41) is 0. The van der Waals surface area contributed by atoms with Gasteiger partial charge in [0.2, 0.25) is 0 Å². The number of hydrogen-bond donors (Lipinski definition) is 0. The predicted octanol–water partition coefficient (Wildman–Crippen LogP) is 10.3. The molecule has 0 unspecified atom stereocenters. The van der Waals surface area contributed by atoms with Crippen molar-refractivity contribution in [1.29, 1.82) is 0 Å². The molecule has 0 saturated carbocycles. The van der Waals surface area contributed by atoms with E-state index in [9.17, 15) is 0 Å². The molecule has 0 radical (unpaired) electrons. The van der Waals surface area contributed by atoms with Crippen molar-refractivity contribution in [3.63, 3.8) is 0 Å². The first-order valence-corrected chi connectivity index (χ1v) is 16.6. The van der Waals surface area contributed by atoms with Gasteiger partial charge in [0, 0.05) is 34.0 Å². The van der Waals surface area contributed by atoms with E-state index < -0.39 is 5.41 Å². The lowest BCUT2D eigenvalue weighted by atomic mass is 9.72. The molecule has 0 atom stereocenters. The van der Waals surface area contributed by atoms with Crippen LogP contribution in [0.1, 0.15) is 22.4 Å². The first-order chi connectivity index (χ1) is 24.3. The van der Waals surface area contributed by atoms with E-state index in [-0.39, 0.29) is 0 Å². The van der Waals surface area contributed by atoms with Gasteiger partial charge in [0.1, 0.15) is 0 Å². The van der Waals surface area contributed by atoms with E-state index in [0.717, 1.165) is 44.9 Å². The average Bonchev–Trinajstić information content (AvgIpc) is 3.66. The van der Waals surface area contributed by atoms with Gasteiger partial charge < -0.3 is 0 Å². The van der Waals surface area contributed by atoms with E-state index in [2.05, 4.69) is 127 Å². The fourth-order valence-corrected chi connectivity index (χ4v) is 7.82. The lowest BCUT2D eigenvalue weighted by Crippen LogP contribution is -2.27. The monoisotopic (exact) mass is 624 g/mol. The zero-order chi connectivity index (χ0) is 32.4. The quantitative estimate of drug-likeness (QED) is 0.196. The fourth-order valence-electron chi connectivity index (χ4n) is 7.82. The van der Waals surface area contributed by atoms with Crippen LogP contribution in [-0.4, -0.2) is 19.9 Å². The second-order valence-electron chi connectivity index (χ2n) is 12.6. The minimum absolute atomic E-state index is 0.504. The zero-order valence-electron chi connectivity index (χ0n) is 26.5. The Morgan fingerprint density at radius 2 is 0.776 bits per heavy atom. The molecule has 8 aromatic rings. The Kier molecular flexibility index (Phi) is 6.06. The molecule has 0 amide bonds. The van der Waals surface area contributed by atoms with Gasteiger partial charge in [0.25, 0.3) is 0 Å². The predicted molar refractivity (Wildman–Crippen MR) is 196 cm³/mol. The van der Waals surface area contributed by atoms with Gasteiger partial charge in [-0.1, -0.05) is 158 Å². The van der Waals surface area contributed by atoms with Crippen LogP contribution in [0.25, 0.3) is 67.5 Å². The summed E-state index contributed by atoms with van der Waals surface area (Å²) in [5.41, 5.74) is 14.9. The molecule has 0 aliphatic heterocycles. The van der Waals surface area contributed by atoms with Gasteiger partial charge in [0.15, 0.2) is 11.6 Å². The number of fused-ring (bicyclic) bond motifs is 10. The van der Waals surface area contributed by atoms with Crippen molar-refractivity contribution in [3.05, 3.63) is 192 Å². The minimum Gasteiger partial charge on any atom is -0.236 e. The molecule has 0 fully saturated rings. The summed E-state index contributed by atoms with van der Waals surface area (Å²) in [6.07, 6.45) is 2.02. The Hall–Kier alpha value is -6.52. The Balaban J connectivity index is 1.10. The van der Waals surface area contributed by atoms with Crippen LogP contribution in [0.2, 0.25) is 0 Å². The number of rotatable bonds is 4. The van der Waals surface area contributed by atoms with Gasteiger partial charge in [-0.25, -0.2) is 19.9 Å². The third kappa shape index (κ3) is 4.11. The molecule has 0 bridgehead atoms. The highest BCUT2D eigenvalue weighted by atomic mass is 14.9. The van der Waals surface area contributed by atoms with Crippen molar-refractivity contribution >= 4 is 0 Å². The third-order valence-electron chi connectivity index (χ3n) is 9.98. The Morgan fingerprint density at radius 1 is 0.347 bits per heavy atom. The van der Waals surface area contributed by atoms with Crippen LogP contribution < -0.4 is 0 Å². The second-order valence-corrected chi connectivity index (χ2v) is 12.6. The number of hydrogen-bond acceptors (Lipinski definition) is 4. The van der Waals surface area contributed by atoms with Crippen molar-refractivity contribution in [1.82, 2.24) is 19.9 Å². The number of aromatic nitrogens is 4. The number of benzene rings is 6. The molecule has 1 spiro atoms. The van der Waals surface area contributed by atoms with Gasteiger partial charge in [-0.3, -0.25) is 0 Å². The van der Waals surface area contributed by atoms with E-state index in [4.69, 9.17) is 19.9 Å². The molecule has 2 aliphatic carbocycles. The molecule has 10 rings (SSSR count). The summed E-state index contributed by atoms with van der Waals surface area (Å²) < 4.78 is 0. The first kappa shape index (κ1) is 27.6. The highest BCUT2D eigenvalue weighted by Gasteiger charge is 2.53. The zero-order valence-corrected chi connectivity index (χ0v) is 26.5. The van der Waals surface area contributed by atoms with Gasteiger partial charge in [-0.05, 0) is 39.4 Å². The summed E-state index contributed by atoms with van der Waals surface area (Å²) in [6.45, 7) is 0. The molecule has 2 heterocycles. The Labute approximate surface area is 284 Å². The van der Waals surface area contributed by atoms with Crippen LogP contribution in [0.5, 0.6) is 0 Å². The molecule has 4 nitrogen and oxygen atoms in total. The molecule has 2 aromatic heterocycles. The van der Waals surface area contributed by atoms with E-state index >= 15 is 0 Å². The SMILES string of the molecule is c1ccc(-c2cc(-c3ccccc3)nc(-c3ccc(-c4ncc5c(n4)C4(c6ccccc6-c6ccccc64)c4ccccc4-5)cc3)n2)cc1. The van der Waals surface area contributed by atoms with Crippen LogP contribution in [0.4, 0.5) is 0 Å². The van der Waals surface area contributed by atoms with Crippen LogP contribution in [-0.2, 0) is 5.41 Å². The van der Waals surface area contributed by atoms with Crippen LogP contribution >= 0.6 is 0 Å². The molecular weight excluding hydrogens is 597 g/mol. The fraction of sp³-hybridized carbons (Fsp3) is 0.0222. The van der Waals surface area contributed by atoms with Crippen LogP contribution in [0.15, 0.2) is 170 Å². The second kappa shape index (κ2) is 10.8. The summed E-state index contributed by atoms with van der Waals surface area (Å²) in [7, 11) is 0. The van der Waals surface area contributed by atoms with E-state index in [1.807, 2.05) is 42.6 Å². The van der Waals surface area contributed by atoms with Crippen molar-refractivity contribution in [2.75, 3.05) is 0 Å². The van der Waals surface area contributed by atoms with E-state index in [1.165, 1.54) is 33.4 Å². The average molecular weight is 625 g/mol. The van der Waals surface area contributed by atoms with Crippen molar-refractivity contribution < 1.29 is 0 Å². The van der Waals surface area contributed by atoms with E-state index in [1.54, 1.807) is 0 Å². The smallest absolute Gasteiger partial charge is 0.160 e. The van der Waals surface area contributed by atoms with Crippen LogP contribution in [0, 0.1) is 0 Å². The highest BCUT2D eigenvalue weighted by molar-refractivity contribution is 5.94. The third-order valence-corrected chi connectivity index (χ3v) is 9.98. The lowest BCUT2D eigenvalue weighted by Gasteiger charge is -2.29. The highest BCUT2D eigenvalue weighted by Crippen LogP contribution is 2.62. The van der Waals surface area contributed by atoms with Crippen molar-refractivity contribution in [2.24, 2.45) is 0 Å². The molecule has 0 saturated heterocycles. The van der Waals surface area contributed by atoms with Gasteiger partial charge in [-0.15, -0.1) is 0 Å². The summed E-state index contributed by atoms with van der Waals surface area (Å²) in [4.78, 5) is 20.4. The van der Waals surface area contributed by atoms with E-state index in [0.29, 0.717) is 11.6 Å². The minimum atomic E-state index is -0.504. The topological polar surface area (TPSA) is 51.6 Å². The Bertz CT molecular complexity index is 2420. The van der Waals surface area contributed by atoms with Crippen molar-refractivity contribution in [2.45, 2.75) is 5.41 Å². The molecule has 49 heavy (non-hydrogen) atoms. The van der Waals surface area contributed by atoms with Gasteiger partial charge in [0.05, 0.1) is 22.5 Å². The first-order valence-electron chi connectivity index (χ1n) is 16.6. The van der Waals surface area contributed by atoms with Crippen LogP contribution in [0.3, 0.4) is 0 Å². The molecular formula is C45H28N4. The summed E-state index contributed by atoms with van der Waals surface area (Å²) in [5.74, 6) is 1.37. The number of nitrogens with zero attached hydrogens (tertiary/aromatic N) is 4. The summed E-state index contributed by atoms with van der Waals surface area (Å²) in [6, 6.07) is 57.2. The Morgan fingerprint density at radius 3 is 1.29 bits per heavy atom. The largest absolute Gasteiger partial charge is 0.236 e. The molecule has 2 aliphatic rings. The van der Waals surface area contributed by atoms with Gasteiger partial charge >= 0.3 is 0 Å². The maximum absolute atomic E-state index is 5.44. The molecule has 228 valence electrons. The molecule has 0 N–H and O–H groups in total. The van der Waals surface area contributed by atoms with Gasteiger partial charge in [-0.2, -0.15) is 0 Å².